The predicted octanol–water partition coefficient (Wildman–Crippen LogP) is 1.12. The summed E-state index contributed by atoms with van der Waals surface area (Å²) in [6, 6.07) is 0.700. The average Bonchev–Trinajstić information content (AvgIpc) is 3.00. The maximum atomic E-state index is 10.8. The standard InChI is InChI=1S/C13H16N6O2/c20-13(21)16-7-3-8-1-2-9(4-7)19(8)11-6-14-10-5-15-18-12(10)17-11/h5-9,16H,1-4H2,(H,20,21)(H,15,17,18). The number of hydrogen-bond acceptors (Lipinski definition) is 5. The second kappa shape index (κ2) is 4.57. The van der Waals surface area contributed by atoms with Crippen molar-refractivity contribution in [1.29, 1.82) is 0 Å². The highest BCUT2D eigenvalue weighted by molar-refractivity contribution is 5.70. The van der Waals surface area contributed by atoms with Gasteiger partial charge in [0, 0.05) is 18.1 Å². The number of fused-ring (bicyclic) bond motifs is 3. The van der Waals surface area contributed by atoms with E-state index in [1.807, 2.05) is 0 Å². The van der Waals surface area contributed by atoms with Crippen LogP contribution in [0.2, 0.25) is 0 Å². The third-order valence-corrected chi connectivity index (χ3v) is 4.47. The molecule has 8 nitrogen and oxygen atoms in total. The van der Waals surface area contributed by atoms with E-state index in [0.29, 0.717) is 17.7 Å². The lowest BCUT2D eigenvalue weighted by Gasteiger charge is -2.39. The number of H-pyrrole nitrogens is 1. The summed E-state index contributed by atoms with van der Waals surface area (Å²) in [5.41, 5.74) is 1.45. The molecule has 2 unspecified atom stereocenters. The van der Waals surface area contributed by atoms with E-state index < -0.39 is 6.09 Å². The van der Waals surface area contributed by atoms with Gasteiger partial charge in [0.2, 0.25) is 0 Å². The number of hydrogen-bond donors (Lipinski definition) is 3. The highest BCUT2D eigenvalue weighted by Crippen LogP contribution is 2.38. The number of nitrogens with zero attached hydrogens (tertiary/aromatic N) is 4. The lowest BCUT2D eigenvalue weighted by Crippen LogP contribution is -2.50. The van der Waals surface area contributed by atoms with Gasteiger partial charge in [-0.2, -0.15) is 5.10 Å². The average molecular weight is 288 g/mol. The smallest absolute Gasteiger partial charge is 0.404 e. The van der Waals surface area contributed by atoms with E-state index in [-0.39, 0.29) is 6.04 Å². The van der Waals surface area contributed by atoms with Crippen molar-refractivity contribution in [2.75, 3.05) is 4.90 Å². The van der Waals surface area contributed by atoms with Gasteiger partial charge in [0.05, 0.1) is 12.4 Å². The van der Waals surface area contributed by atoms with E-state index in [4.69, 9.17) is 5.11 Å². The van der Waals surface area contributed by atoms with Gasteiger partial charge in [-0.1, -0.05) is 0 Å². The summed E-state index contributed by atoms with van der Waals surface area (Å²) in [5.74, 6) is 0.855. The lowest BCUT2D eigenvalue weighted by molar-refractivity contribution is 0.185. The Kier molecular flexibility index (Phi) is 2.69. The zero-order valence-corrected chi connectivity index (χ0v) is 11.4. The minimum Gasteiger partial charge on any atom is -0.465 e. The summed E-state index contributed by atoms with van der Waals surface area (Å²) in [6.45, 7) is 0. The van der Waals surface area contributed by atoms with E-state index >= 15 is 0 Å². The number of nitrogens with one attached hydrogen (secondary N) is 2. The van der Waals surface area contributed by atoms with Crippen LogP contribution in [0, 0.1) is 0 Å². The van der Waals surface area contributed by atoms with E-state index in [1.165, 1.54) is 0 Å². The van der Waals surface area contributed by atoms with Crippen LogP contribution in [-0.4, -0.2) is 49.5 Å². The molecule has 2 aliphatic heterocycles. The number of carbonyl (C=O) groups is 1. The van der Waals surface area contributed by atoms with Crippen LogP contribution in [0.3, 0.4) is 0 Å². The molecule has 0 aliphatic carbocycles. The van der Waals surface area contributed by atoms with Crippen molar-refractivity contribution in [2.45, 2.75) is 43.8 Å². The first-order valence-corrected chi connectivity index (χ1v) is 7.14. The van der Waals surface area contributed by atoms with Crippen molar-refractivity contribution in [3.05, 3.63) is 12.4 Å². The summed E-state index contributed by atoms with van der Waals surface area (Å²) < 4.78 is 0. The number of aromatic nitrogens is 4. The molecule has 0 spiro atoms. The van der Waals surface area contributed by atoms with Crippen molar-refractivity contribution >= 4 is 23.1 Å². The maximum Gasteiger partial charge on any atom is 0.404 e. The number of rotatable bonds is 2. The second-order valence-corrected chi connectivity index (χ2v) is 5.74. The van der Waals surface area contributed by atoms with Crippen LogP contribution >= 0.6 is 0 Å². The molecule has 2 fully saturated rings. The van der Waals surface area contributed by atoms with Crippen molar-refractivity contribution < 1.29 is 9.90 Å². The fraction of sp³-hybridized carbons (Fsp3) is 0.538. The maximum absolute atomic E-state index is 10.8. The first-order valence-electron chi connectivity index (χ1n) is 7.14. The quantitative estimate of drug-likeness (QED) is 0.764. The molecule has 21 heavy (non-hydrogen) atoms. The molecule has 8 heteroatoms. The van der Waals surface area contributed by atoms with Gasteiger partial charge in [0.15, 0.2) is 5.65 Å². The van der Waals surface area contributed by atoms with Gasteiger partial charge in [-0.05, 0) is 25.7 Å². The SMILES string of the molecule is O=C(O)NC1CC2CCC(C1)N2c1cnc2cn[nH]c2n1. The molecular weight excluding hydrogens is 272 g/mol. The van der Waals surface area contributed by atoms with E-state index in [9.17, 15) is 4.79 Å². The third kappa shape index (κ3) is 2.07. The van der Waals surface area contributed by atoms with E-state index in [0.717, 1.165) is 37.0 Å². The molecule has 0 aromatic carbocycles. The van der Waals surface area contributed by atoms with Gasteiger partial charge >= 0.3 is 6.09 Å². The molecule has 2 atom stereocenters. The molecule has 2 aromatic rings. The Morgan fingerprint density at radius 2 is 2.10 bits per heavy atom. The molecule has 2 aliphatic rings. The van der Waals surface area contributed by atoms with E-state index in [1.54, 1.807) is 12.4 Å². The Morgan fingerprint density at radius 3 is 2.81 bits per heavy atom. The van der Waals surface area contributed by atoms with Crippen LogP contribution < -0.4 is 10.2 Å². The monoisotopic (exact) mass is 288 g/mol. The Bertz CT molecular complexity index is 672. The number of piperidine rings is 1. The molecule has 3 N–H and O–H groups in total. The molecule has 2 aromatic heterocycles. The lowest BCUT2D eigenvalue weighted by atomic mass is 9.97. The van der Waals surface area contributed by atoms with Gasteiger partial charge in [-0.15, -0.1) is 0 Å². The first-order chi connectivity index (χ1) is 10.2. The number of anilines is 1. The summed E-state index contributed by atoms with van der Waals surface area (Å²) in [5, 5.41) is 18.3. The van der Waals surface area contributed by atoms with Gasteiger partial charge in [-0.3, -0.25) is 5.10 Å². The number of carboxylic acid groups (broad SMARTS) is 1. The zero-order valence-electron chi connectivity index (χ0n) is 11.4. The molecule has 4 rings (SSSR count). The van der Waals surface area contributed by atoms with E-state index in [2.05, 4.69) is 30.4 Å². The summed E-state index contributed by atoms with van der Waals surface area (Å²) in [6.07, 6.45) is 6.30. The molecule has 1 amide bonds. The second-order valence-electron chi connectivity index (χ2n) is 5.74. The normalized spacial score (nSPS) is 28.0. The van der Waals surface area contributed by atoms with Crippen LogP contribution in [0.15, 0.2) is 12.4 Å². The number of amides is 1. The molecule has 2 bridgehead atoms. The van der Waals surface area contributed by atoms with Crippen LogP contribution in [0.4, 0.5) is 10.6 Å². The molecular formula is C13H16N6O2. The Hall–Kier alpha value is -2.38. The molecule has 0 saturated carbocycles. The molecule has 110 valence electrons. The van der Waals surface area contributed by atoms with Crippen LogP contribution in [0.1, 0.15) is 25.7 Å². The molecule has 0 radical (unpaired) electrons. The van der Waals surface area contributed by atoms with Crippen molar-refractivity contribution in [2.24, 2.45) is 0 Å². The fourth-order valence-electron chi connectivity index (χ4n) is 3.69. The Morgan fingerprint density at radius 1 is 1.33 bits per heavy atom. The van der Waals surface area contributed by atoms with Gasteiger partial charge in [0.25, 0.3) is 0 Å². The summed E-state index contributed by atoms with van der Waals surface area (Å²) in [4.78, 5) is 22.1. The van der Waals surface area contributed by atoms with Gasteiger partial charge in [-0.25, -0.2) is 14.8 Å². The number of aromatic amines is 1. The minimum absolute atomic E-state index is 0.0418. The van der Waals surface area contributed by atoms with Gasteiger partial charge < -0.3 is 15.3 Å². The van der Waals surface area contributed by atoms with Gasteiger partial charge in [0.1, 0.15) is 11.3 Å². The highest BCUT2D eigenvalue weighted by atomic mass is 16.4. The minimum atomic E-state index is -0.938. The summed E-state index contributed by atoms with van der Waals surface area (Å²) in [7, 11) is 0. The summed E-state index contributed by atoms with van der Waals surface area (Å²) >= 11 is 0. The predicted molar refractivity (Wildman–Crippen MR) is 75.2 cm³/mol. The van der Waals surface area contributed by atoms with Crippen molar-refractivity contribution in [1.82, 2.24) is 25.5 Å². The molecule has 2 saturated heterocycles. The zero-order chi connectivity index (χ0) is 14.4. The van der Waals surface area contributed by atoms with Crippen LogP contribution in [-0.2, 0) is 0 Å². The Labute approximate surface area is 120 Å². The highest BCUT2D eigenvalue weighted by Gasteiger charge is 2.42. The molecule has 4 heterocycles. The topological polar surface area (TPSA) is 107 Å². The largest absolute Gasteiger partial charge is 0.465 e. The first kappa shape index (κ1) is 12.4. The fourth-order valence-corrected chi connectivity index (χ4v) is 3.69. The third-order valence-electron chi connectivity index (χ3n) is 4.47. The van der Waals surface area contributed by atoms with Crippen LogP contribution in [0.5, 0.6) is 0 Å². The van der Waals surface area contributed by atoms with Crippen LogP contribution in [0.25, 0.3) is 11.2 Å². The van der Waals surface area contributed by atoms with Crippen molar-refractivity contribution in [3.8, 4) is 0 Å². The van der Waals surface area contributed by atoms with Crippen molar-refractivity contribution in [3.63, 3.8) is 0 Å². The Balaban J connectivity index is 1.60.